The van der Waals surface area contributed by atoms with E-state index in [9.17, 15) is 0 Å². The van der Waals surface area contributed by atoms with Gasteiger partial charge in [-0.15, -0.1) is 0 Å². The molecule has 0 aliphatic carbocycles. The highest BCUT2D eigenvalue weighted by molar-refractivity contribution is 6.35. The monoisotopic (exact) mass is 611 g/mol. The van der Waals surface area contributed by atoms with Crippen LogP contribution in [0.25, 0.3) is 11.0 Å². The van der Waals surface area contributed by atoms with E-state index in [2.05, 4.69) is 9.97 Å². The van der Waals surface area contributed by atoms with Gasteiger partial charge in [0, 0.05) is 33.4 Å². The van der Waals surface area contributed by atoms with Gasteiger partial charge in [0.05, 0.1) is 32.3 Å². The molecule has 1 aliphatic heterocycles. The van der Waals surface area contributed by atoms with E-state index in [-0.39, 0.29) is 19.8 Å². The van der Waals surface area contributed by atoms with E-state index in [0.29, 0.717) is 31.6 Å². The van der Waals surface area contributed by atoms with E-state index < -0.39 is 24.5 Å². The van der Waals surface area contributed by atoms with Gasteiger partial charge in [-0.05, 0) is 41.5 Å². The quantitative estimate of drug-likeness (QED) is 0.196. The fourth-order valence-corrected chi connectivity index (χ4v) is 5.56. The Morgan fingerprint density at radius 3 is 2.23 bits per heavy atom. The molecule has 2 aromatic carbocycles. The first-order chi connectivity index (χ1) is 18.9. The lowest BCUT2D eigenvalue weighted by atomic mass is 10.1. The summed E-state index contributed by atoms with van der Waals surface area (Å²) >= 11 is 24.9. The van der Waals surface area contributed by atoms with E-state index in [1.165, 1.54) is 6.33 Å². The Kier molecular flexibility index (Phi) is 9.16. The smallest absolute Gasteiger partial charge is 0.225 e. The van der Waals surface area contributed by atoms with Crippen LogP contribution >= 0.6 is 46.4 Å². The lowest BCUT2D eigenvalue weighted by Gasteiger charge is -2.26. The zero-order valence-electron chi connectivity index (χ0n) is 21.0. The standard InChI is InChI=1S/C27H25Cl4N3O5/c1-35-26-19-7-8-34(25(19)32-14-33-26)23-24(38-12-16-4-6-18(29)10-21(16)31)22(39-27(23)36-2)13-37-11-15-3-5-17(28)9-20(15)30/h3-10,14,22-24,27H,11-13H2,1-2H3/t22-,23+,24-,27+/m1/s1. The maximum Gasteiger partial charge on any atom is 0.225 e. The second-order valence-corrected chi connectivity index (χ2v) is 10.6. The third kappa shape index (κ3) is 6.14. The number of aromatic nitrogens is 3. The summed E-state index contributed by atoms with van der Waals surface area (Å²) in [6, 6.07) is 12.0. The minimum atomic E-state index is -0.653. The number of nitrogens with zero attached hydrogens (tertiary/aromatic N) is 3. The van der Waals surface area contributed by atoms with Crippen LogP contribution in [-0.4, -0.2) is 53.9 Å². The molecule has 0 unspecified atom stereocenters. The molecule has 3 heterocycles. The van der Waals surface area contributed by atoms with Crippen LogP contribution in [0.5, 0.6) is 5.88 Å². The molecule has 1 fully saturated rings. The second kappa shape index (κ2) is 12.6. The number of ether oxygens (including phenoxy) is 5. The number of benzene rings is 2. The molecule has 1 saturated heterocycles. The molecule has 4 atom stereocenters. The van der Waals surface area contributed by atoms with Crippen LogP contribution in [0.15, 0.2) is 55.0 Å². The number of rotatable bonds is 10. The normalized spacial score (nSPS) is 21.1. The maximum absolute atomic E-state index is 6.49. The van der Waals surface area contributed by atoms with E-state index >= 15 is 0 Å². The van der Waals surface area contributed by atoms with Crippen molar-refractivity contribution in [1.82, 2.24) is 14.5 Å². The fourth-order valence-electron chi connectivity index (χ4n) is 4.63. The van der Waals surface area contributed by atoms with Gasteiger partial charge in [0.15, 0.2) is 6.29 Å². The molecule has 0 N–H and O–H groups in total. The Labute approximate surface area is 245 Å². The van der Waals surface area contributed by atoms with Gasteiger partial charge in [-0.2, -0.15) is 0 Å². The fraction of sp³-hybridized carbons (Fsp3) is 0.333. The molecule has 2 aromatic heterocycles. The predicted molar refractivity (Wildman–Crippen MR) is 150 cm³/mol. The molecule has 0 radical (unpaired) electrons. The summed E-state index contributed by atoms with van der Waals surface area (Å²) in [6.07, 6.45) is 1.71. The van der Waals surface area contributed by atoms with Gasteiger partial charge in [0.2, 0.25) is 5.88 Å². The number of hydrogen-bond acceptors (Lipinski definition) is 7. The molecule has 0 amide bonds. The molecule has 0 spiro atoms. The Balaban J connectivity index is 1.43. The Hall–Kier alpha value is -2.14. The summed E-state index contributed by atoms with van der Waals surface area (Å²) < 4.78 is 32.0. The van der Waals surface area contributed by atoms with E-state index in [4.69, 9.17) is 70.1 Å². The average Bonchev–Trinajstić information content (AvgIpc) is 3.50. The van der Waals surface area contributed by atoms with Gasteiger partial charge in [0.1, 0.15) is 30.2 Å². The van der Waals surface area contributed by atoms with Crippen LogP contribution in [0.2, 0.25) is 20.1 Å². The van der Waals surface area contributed by atoms with E-state index in [1.807, 2.05) is 29.0 Å². The molecular weight excluding hydrogens is 588 g/mol. The largest absolute Gasteiger partial charge is 0.480 e. The molecule has 4 aromatic rings. The van der Waals surface area contributed by atoms with Crippen LogP contribution in [-0.2, 0) is 32.2 Å². The molecule has 5 rings (SSSR count). The molecule has 12 heteroatoms. The summed E-state index contributed by atoms with van der Waals surface area (Å²) in [7, 11) is 3.15. The first-order valence-electron chi connectivity index (χ1n) is 12.0. The SMILES string of the molecule is COc1ncnc2c1ccn2[C@@H]1[C@@H](OC)O[C@H](COCc2ccc(Cl)cc2Cl)[C@H]1OCc1ccc(Cl)cc1Cl. The van der Waals surface area contributed by atoms with Crippen molar-refractivity contribution in [2.24, 2.45) is 0 Å². The highest BCUT2D eigenvalue weighted by Crippen LogP contribution is 2.38. The highest BCUT2D eigenvalue weighted by atomic mass is 35.5. The number of halogens is 4. The first kappa shape index (κ1) is 28.4. The average molecular weight is 613 g/mol. The summed E-state index contributed by atoms with van der Waals surface area (Å²) in [5.41, 5.74) is 2.25. The van der Waals surface area contributed by atoms with E-state index in [0.717, 1.165) is 16.5 Å². The van der Waals surface area contributed by atoms with Crippen molar-refractivity contribution in [3.63, 3.8) is 0 Å². The number of hydrogen-bond donors (Lipinski definition) is 0. The number of fused-ring (bicyclic) bond motifs is 1. The Morgan fingerprint density at radius 1 is 0.897 bits per heavy atom. The third-order valence-corrected chi connectivity index (χ3v) is 7.69. The van der Waals surface area contributed by atoms with Crippen LogP contribution in [0.4, 0.5) is 0 Å². The predicted octanol–water partition coefficient (Wildman–Crippen LogP) is 6.77. The summed E-state index contributed by atoms with van der Waals surface area (Å²) in [5, 5.41) is 2.90. The van der Waals surface area contributed by atoms with Crippen LogP contribution in [0, 0.1) is 0 Å². The maximum atomic E-state index is 6.49. The van der Waals surface area contributed by atoms with Crippen molar-refractivity contribution in [3.05, 3.63) is 86.2 Å². The highest BCUT2D eigenvalue weighted by Gasteiger charge is 2.47. The van der Waals surface area contributed by atoms with Gasteiger partial charge < -0.3 is 28.3 Å². The second-order valence-electron chi connectivity index (χ2n) is 8.87. The minimum Gasteiger partial charge on any atom is -0.480 e. The molecule has 0 saturated carbocycles. The van der Waals surface area contributed by atoms with Crippen molar-refractivity contribution in [2.75, 3.05) is 20.8 Å². The summed E-state index contributed by atoms with van der Waals surface area (Å²) in [5.74, 6) is 0.469. The van der Waals surface area contributed by atoms with Crippen molar-refractivity contribution >= 4 is 57.4 Å². The molecular formula is C27H25Cl4N3O5. The van der Waals surface area contributed by atoms with Crippen LogP contribution < -0.4 is 4.74 Å². The van der Waals surface area contributed by atoms with Crippen molar-refractivity contribution in [2.45, 2.75) is 37.8 Å². The van der Waals surface area contributed by atoms with Crippen LogP contribution in [0.1, 0.15) is 17.2 Å². The minimum absolute atomic E-state index is 0.214. The van der Waals surface area contributed by atoms with Crippen molar-refractivity contribution in [3.8, 4) is 5.88 Å². The van der Waals surface area contributed by atoms with Crippen molar-refractivity contribution < 1.29 is 23.7 Å². The molecule has 206 valence electrons. The van der Waals surface area contributed by atoms with Gasteiger partial charge in [-0.1, -0.05) is 58.5 Å². The Bertz CT molecular complexity index is 1450. The number of methoxy groups -OCH3 is 2. The Morgan fingerprint density at radius 2 is 1.59 bits per heavy atom. The molecule has 39 heavy (non-hydrogen) atoms. The van der Waals surface area contributed by atoms with Crippen LogP contribution in [0.3, 0.4) is 0 Å². The lowest BCUT2D eigenvalue weighted by molar-refractivity contribution is -0.143. The molecule has 0 bridgehead atoms. The summed E-state index contributed by atoms with van der Waals surface area (Å²) in [6.45, 7) is 0.699. The van der Waals surface area contributed by atoms with Crippen molar-refractivity contribution in [1.29, 1.82) is 0 Å². The van der Waals surface area contributed by atoms with E-state index in [1.54, 1.807) is 38.5 Å². The zero-order chi connectivity index (χ0) is 27.5. The first-order valence-corrected chi connectivity index (χ1v) is 13.5. The van der Waals surface area contributed by atoms with Gasteiger partial charge in [-0.3, -0.25) is 0 Å². The van der Waals surface area contributed by atoms with Gasteiger partial charge in [-0.25, -0.2) is 9.97 Å². The zero-order valence-corrected chi connectivity index (χ0v) is 24.0. The van der Waals surface area contributed by atoms with Gasteiger partial charge >= 0.3 is 0 Å². The molecule has 8 nitrogen and oxygen atoms in total. The lowest BCUT2D eigenvalue weighted by Crippen LogP contribution is -2.35. The third-order valence-electron chi connectivity index (χ3n) is 6.51. The topological polar surface area (TPSA) is 76.9 Å². The molecule has 1 aliphatic rings. The summed E-state index contributed by atoms with van der Waals surface area (Å²) in [4.78, 5) is 8.70. The van der Waals surface area contributed by atoms with Gasteiger partial charge in [0.25, 0.3) is 0 Å².